The van der Waals surface area contributed by atoms with E-state index in [0.717, 1.165) is 25.7 Å². The Bertz CT molecular complexity index is 344. The van der Waals surface area contributed by atoms with Gasteiger partial charge in [-0.2, -0.15) is 0 Å². The summed E-state index contributed by atoms with van der Waals surface area (Å²) in [7, 11) is -3.19. The standard InChI is InChI=1S/C13H28N2O2S/c1-11(2)6-9-18(16,17)15-13(10-14)7-4-12(3)5-8-13/h11-12,15H,4-10,14H2,1-3H3. The van der Waals surface area contributed by atoms with Gasteiger partial charge in [0.1, 0.15) is 0 Å². The van der Waals surface area contributed by atoms with E-state index in [1.54, 1.807) is 0 Å². The lowest BCUT2D eigenvalue weighted by atomic mass is 9.78. The van der Waals surface area contributed by atoms with Gasteiger partial charge in [-0.25, -0.2) is 13.1 Å². The minimum atomic E-state index is -3.19. The summed E-state index contributed by atoms with van der Waals surface area (Å²) in [6.07, 6.45) is 4.55. The van der Waals surface area contributed by atoms with E-state index in [2.05, 4.69) is 11.6 Å². The number of hydrogen-bond acceptors (Lipinski definition) is 3. The lowest BCUT2D eigenvalue weighted by Crippen LogP contribution is -2.55. The van der Waals surface area contributed by atoms with E-state index in [1.807, 2.05) is 13.8 Å². The summed E-state index contributed by atoms with van der Waals surface area (Å²) in [6.45, 7) is 6.70. The lowest BCUT2D eigenvalue weighted by molar-refractivity contribution is 0.231. The van der Waals surface area contributed by atoms with E-state index in [1.165, 1.54) is 0 Å². The molecule has 0 aromatic heterocycles. The largest absolute Gasteiger partial charge is 0.329 e. The second-order valence-electron chi connectivity index (χ2n) is 6.27. The van der Waals surface area contributed by atoms with Gasteiger partial charge in [0, 0.05) is 12.1 Å². The zero-order valence-electron chi connectivity index (χ0n) is 11.9. The molecule has 5 heteroatoms. The van der Waals surface area contributed by atoms with Gasteiger partial charge in [-0.1, -0.05) is 20.8 Å². The van der Waals surface area contributed by atoms with E-state index in [4.69, 9.17) is 5.73 Å². The van der Waals surface area contributed by atoms with Gasteiger partial charge in [0.05, 0.1) is 5.75 Å². The maximum atomic E-state index is 12.1. The van der Waals surface area contributed by atoms with Crippen molar-refractivity contribution in [2.45, 2.75) is 58.4 Å². The van der Waals surface area contributed by atoms with Gasteiger partial charge in [0.2, 0.25) is 10.0 Å². The number of hydrogen-bond donors (Lipinski definition) is 2. The number of rotatable bonds is 6. The third-order valence-corrected chi connectivity index (χ3v) is 5.48. The Morgan fingerprint density at radius 3 is 2.33 bits per heavy atom. The van der Waals surface area contributed by atoms with Crippen molar-refractivity contribution in [3.8, 4) is 0 Å². The maximum Gasteiger partial charge on any atom is 0.212 e. The molecule has 0 heterocycles. The number of nitrogens with two attached hydrogens (primary N) is 1. The van der Waals surface area contributed by atoms with Gasteiger partial charge >= 0.3 is 0 Å². The molecule has 18 heavy (non-hydrogen) atoms. The fourth-order valence-corrected chi connectivity index (χ4v) is 4.27. The molecular formula is C13H28N2O2S. The van der Waals surface area contributed by atoms with Crippen molar-refractivity contribution >= 4 is 10.0 Å². The topological polar surface area (TPSA) is 72.2 Å². The highest BCUT2D eigenvalue weighted by Crippen LogP contribution is 2.31. The predicted octanol–water partition coefficient (Wildman–Crippen LogP) is 1.86. The van der Waals surface area contributed by atoms with Gasteiger partial charge in [-0.05, 0) is 43.9 Å². The fourth-order valence-electron chi connectivity index (χ4n) is 2.43. The van der Waals surface area contributed by atoms with Crippen molar-refractivity contribution in [2.24, 2.45) is 17.6 Å². The van der Waals surface area contributed by atoms with Gasteiger partial charge in [0.25, 0.3) is 0 Å². The summed E-state index contributed by atoms with van der Waals surface area (Å²) in [5.41, 5.74) is 5.43. The third-order valence-electron chi connectivity index (χ3n) is 3.96. The van der Waals surface area contributed by atoms with Crippen LogP contribution in [-0.2, 0) is 10.0 Å². The molecule has 1 fully saturated rings. The van der Waals surface area contributed by atoms with Gasteiger partial charge in [-0.15, -0.1) is 0 Å². The molecule has 0 saturated heterocycles. The van der Waals surface area contributed by atoms with Crippen LogP contribution in [0.25, 0.3) is 0 Å². The average molecular weight is 276 g/mol. The Balaban J connectivity index is 2.62. The van der Waals surface area contributed by atoms with Crippen molar-refractivity contribution in [2.75, 3.05) is 12.3 Å². The normalized spacial score (nSPS) is 29.7. The monoisotopic (exact) mass is 276 g/mol. The molecule has 1 saturated carbocycles. The van der Waals surface area contributed by atoms with Gasteiger partial charge < -0.3 is 5.73 Å². The molecule has 3 N–H and O–H groups in total. The minimum absolute atomic E-state index is 0.210. The van der Waals surface area contributed by atoms with Crippen LogP contribution in [0.5, 0.6) is 0 Å². The van der Waals surface area contributed by atoms with Gasteiger partial charge in [-0.3, -0.25) is 0 Å². The smallest absolute Gasteiger partial charge is 0.212 e. The summed E-state index contributed by atoms with van der Waals surface area (Å²) in [4.78, 5) is 0. The highest BCUT2D eigenvalue weighted by Gasteiger charge is 2.36. The van der Waals surface area contributed by atoms with E-state index < -0.39 is 10.0 Å². The lowest BCUT2D eigenvalue weighted by Gasteiger charge is -2.39. The molecule has 0 unspecified atom stereocenters. The first kappa shape index (κ1) is 15.9. The first-order valence-corrected chi connectivity index (χ1v) is 8.65. The first-order chi connectivity index (χ1) is 8.29. The molecular weight excluding hydrogens is 248 g/mol. The molecule has 0 aromatic rings. The van der Waals surface area contributed by atoms with Crippen molar-refractivity contribution in [1.29, 1.82) is 0 Å². The molecule has 1 rings (SSSR count). The molecule has 0 spiro atoms. The second-order valence-corrected chi connectivity index (χ2v) is 8.11. The van der Waals surface area contributed by atoms with Crippen molar-refractivity contribution in [3.05, 3.63) is 0 Å². The Morgan fingerprint density at radius 1 is 1.33 bits per heavy atom. The molecule has 0 amide bonds. The van der Waals surface area contributed by atoms with Crippen LogP contribution in [0.1, 0.15) is 52.9 Å². The molecule has 1 aliphatic carbocycles. The van der Waals surface area contributed by atoms with Crippen LogP contribution in [0, 0.1) is 11.8 Å². The number of nitrogens with one attached hydrogen (secondary N) is 1. The molecule has 108 valence electrons. The highest BCUT2D eigenvalue weighted by molar-refractivity contribution is 7.89. The van der Waals surface area contributed by atoms with Gasteiger partial charge in [0.15, 0.2) is 0 Å². The Hall–Kier alpha value is -0.130. The zero-order chi connectivity index (χ0) is 13.8. The van der Waals surface area contributed by atoms with Crippen molar-refractivity contribution in [1.82, 2.24) is 4.72 Å². The maximum absolute atomic E-state index is 12.1. The van der Waals surface area contributed by atoms with Crippen molar-refractivity contribution in [3.63, 3.8) is 0 Å². The third kappa shape index (κ3) is 4.86. The summed E-state index contributed by atoms with van der Waals surface area (Å²) in [5.74, 6) is 1.30. The Morgan fingerprint density at radius 2 is 1.89 bits per heavy atom. The average Bonchev–Trinajstić information content (AvgIpc) is 2.30. The molecule has 0 aromatic carbocycles. The van der Waals surface area contributed by atoms with E-state index in [9.17, 15) is 8.42 Å². The summed E-state index contributed by atoms with van der Waals surface area (Å²) in [6, 6.07) is 0. The SMILES string of the molecule is CC(C)CCS(=O)(=O)NC1(CN)CCC(C)CC1. The summed E-state index contributed by atoms with van der Waals surface area (Å²) in [5, 5.41) is 0. The summed E-state index contributed by atoms with van der Waals surface area (Å²) < 4.78 is 27.0. The quantitative estimate of drug-likeness (QED) is 0.778. The molecule has 0 aliphatic heterocycles. The van der Waals surface area contributed by atoms with Crippen LogP contribution >= 0.6 is 0 Å². The first-order valence-electron chi connectivity index (χ1n) is 7.00. The van der Waals surface area contributed by atoms with E-state index >= 15 is 0 Å². The van der Waals surface area contributed by atoms with Crippen LogP contribution in [0.2, 0.25) is 0 Å². The molecule has 4 nitrogen and oxygen atoms in total. The van der Waals surface area contributed by atoms with Crippen LogP contribution in [0.4, 0.5) is 0 Å². The van der Waals surface area contributed by atoms with E-state index in [-0.39, 0.29) is 11.3 Å². The number of sulfonamides is 1. The predicted molar refractivity (Wildman–Crippen MR) is 75.8 cm³/mol. The van der Waals surface area contributed by atoms with Crippen LogP contribution in [0.3, 0.4) is 0 Å². The Labute approximate surface area is 112 Å². The van der Waals surface area contributed by atoms with E-state index in [0.29, 0.717) is 24.8 Å². The van der Waals surface area contributed by atoms with Crippen LogP contribution in [-0.4, -0.2) is 26.3 Å². The second kappa shape index (κ2) is 6.35. The minimum Gasteiger partial charge on any atom is -0.329 e. The fraction of sp³-hybridized carbons (Fsp3) is 1.00. The molecule has 1 aliphatic rings. The van der Waals surface area contributed by atoms with Crippen LogP contribution in [0.15, 0.2) is 0 Å². The molecule has 0 radical (unpaired) electrons. The van der Waals surface area contributed by atoms with Crippen LogP contribution < -0.4 is 10.5 Å². The highest BCUT2D eigenvalue weighted by atomic mass is 32.2. The molecule has 0 atom stereocenters. The summed E-state index contributed by atoms with van der Waals surface area (Å²) >= 11 is 0. The Kier molecular flexibility index (Phi) is 5.62. The van der Waals surface area contributed by atoms with Crippen molar-refractivity contribution < 1.29 is 8.42 Å². The zero-order valence-corrected chi connectivity index (χ0v) is 12.7. The molecule has 0 bridgehead atoms.